The van der Waals surface area contributed by atoms with E-state index < -0.39 is 43.3 Å². The van der Waals surface area contributed by atoms with Gasteiger partial charge in [-0.1, -0.05) is 269 Å². The minimum Gasteiger partial charge on any atom is -0.361 e. The molecule has 10 heteroatoms. The van der Waals surface area contributed by atoms with E-state index in [1.807, 2.05) is 74.5 Å². The first-order valence-corrected chi connectivity index (χ1v) is 32.7. The molecule has 428 valence electrons. The molecule has 0 bridgehead atoms. The van der Waals surface area contributed by atoms with Gasteiger partial charge in [0.1, 0.15) is 11.2 Å². The van der Waals surface area contributed by atoms with E-state index >= 15 is 16.8 Å². The topological polar surface area (TPSA) is 93.2 Å². The van der Waals surface area contributed by atoms with Gasteiger partial charge in [0.25, 0.3) is 0 Å². The fraction of sp³-hybridized carbons (Fsp3) is 0.333. The standard InChI is InChI=1S/C72H82N2O6S2/c1-59-47-51-67(52-48-59)81(75,76)73(55-29-5-3-7-31-57-79-71(61-33-15-9-16-34-61,62-35-17-10-18-36-62)63-37-19-11-20-38-63)69-45-27-28-46-70(69)74(82(77,78)68-53-49-60(2)50-54-68)56-30-6-4-8-32-58-80-72(64-39-21-12-22-40-64,65-41-23-13-24-42-65)66-43-25-14-26-44-66/h9-26,33-44,47-54,69-70H,3-8,27-32,45-46,55-58H2,1-2H3/t69-,70-/m1/s1. The Labute approximate surface area is 490 Å². The smallest absolute Gasteiger partial charge is 0.243 e. The summed E-state index contributed by atoms with van der Waals surface area (Å²) in [5.74, 6) is 0. The van der Waals surface area contributed by atoms with Crippen molar-refractivity contribution in [1.82, 2.24) is 8.61 Å². The second kappa shape index (κ2) is 29.2. The van der Waals surface area contributed by atoms with Crippen molar-refractivity contribution in [1.29, 1.82) is 0 Å². The molecule has 0 aromatic heterocycles. The molecule has 8 nitrogen and oxygen atoms in total. The van der Waals surface area contributed by atoms with Gasteiger partial charge >= 0.3 is 0 Å². The van der Waals surface area contributed by atoms with Crippen LogP contribution in [0.25, 0.3) is 0 Å². The van der Waals surface area contributed by atoms with Gasteiger partial charge in [0.15, 0.2) is 0 Å². The molecule has 0 aliphatic heterocycles. The van der Waals surface area contributed by atoms with Crippen LogP contribution in [0.5, 0.6) is 0 Å². The molecule has 1 aliphatic rings. The highest BCUT2D eigenvalue weighted by Crippen LogP contribution is 2.43. The van der Waals surface area contributed by atoms with E-state index in [-0.39, 0.29) is 9.79 Å². The van der Waals surface area contributed by atoms with E-state index in [9.17, 15) is 0 Å². The van der Waals surface area contributed by atoms with Crippen LogP contribution in [0.15, 0.2) is 240 Å². The van der Waals surface area contributed by atoms with E-state index in [0.717, 1.165) is 109 Å². The number of ether oxygens (including phenoxy) is 2. The highest BCUT2D eigenvalue weighted by Gasteiger charge is 2.44. The Balaban J connectivity index is 0.878. The van der Waals surface area contributed by atoms with Crippen molar-refractivity contribution in [2.45, 2.75) is 137 Å². The van der Waals surface area contributed by atoms with E-state index in [4.69, 9.17) is 9.47 Å². The minimum absolute atomic E-state index is 0.240. The van der Waals surface area contributed by atoms with Gasteiger partial charge in [-0.15, -0.1) is 0 Å². The predicted octanol–water partition coefficient (Wildman–Crippen LogP) is 16.2. The van der Waals surface area contributed by atoms with Crippen LogP contribution >= 0.6 is 0 Å². The highest BCUT2D eigenvalue weighted by molar-refractivity contribution is 7.89. The summed E-state index contributed by atoms with van der Waals surface area (Å²) < 4.78 is 78.1. The Morgan fingerprint density at radius 1 is 0.341 bits per heavy atom. The van der Waals surface area contributed by atoms with Crippen molar-refractivity contribution >= 4 is 20.0 Å². The lowest BCUT2D eigenvalue weighted by atomic mass is 9.80. The molecule has 1 aliphatic carbocycles. The third-order valence-corrected chi connectivity index (χ3v) is 20.3. The average molecular weight is 1140 g/mol. The first kappa shape index (κ1) is 60.1. The lowest BCUT2D eigenvalue weighted by Crippen LogP contribution is -2.56. The zero-order valence-corrected chi connectivity index (χ0v) is 49.6. The molecule has 0 spiro atoms. The van der Waals surface area contributed by atoms with Crippen LogP contribution in [-0.4, -0.2) is 63.8 Å². The van der Waals surface area contributed by atoms with E-state index in [1.165, 1.54) is 0 Å². The van der Waals surface area contributed by atoms with Gasteiger partial charge in [0, 0.05) is 38.4 Å². The Morgan fingerprint density at radius 2 is 0.585 bits per heavy atom. The molecule has 8 aromatic carbocycles. The molecule has 8 aromatic rings. The van der Waals surface area contributed by atoms with Crippen LogP contribution in [0.2, 0.25) is 0 Å². The van der Waals surface area contributed by atoms with Crippen LogP contribution in [0.3, 0.4) is 0 Å². The average Bonchev–Trinajstić information content (AvgIpc) is 3.62. The second-order valence-electron chi connectivity index (χ2n) is 22.1. The SMILES string of the molecule is Cc1ccc(S(=O)(=O)N(CCCCCCCOC(c2ccccc2)(c2ccccc2)c2ccccc2)[C@@H]2CCCC[C@H]2N(CCCCCCCOC(c2ccccc2)(c2ccccc2)c2ccccc2)S(=O)(=O)c2ccc(C)cc2)cc1. The summed E-state index contributed by atoms with van der Waals surface area (Å²) in [5.41, 5.74) is 6.79. The Kier molecular flexibility index (Phi) is 21.4. The maximum atomic E-state index is 15.1. The van der Waals surface area contributed by atoms with E-state index in [2.05, 4.69) is 146 Å². The third kappa shape index (κ3) is 14.3. The van der Waals surface area contributed by atoms with Crippen molar-refractivity contribution in [3.05, 3.63) is 275 Å². The monoisotopic (exact) mass is 1130 g/mol. The first-order valence-electron chi connectivity index (χ1n) is 29.8. The number of hydrogen-bond acceptors (Lipinski definition) is 6. The van der Waals surface area contributed by atoms with Crippen molar-refractivity contribution < 1.29 is 26.3 Å². The largest absolute Gasteiger partial charge is 0.361 e. The van der Waals surface area contributed by atoms with Crippen LogP contribution in [-0.2, 0) is 40.7 Å². The molecule has 0 radical (unpaired) electrons. The molecule has 0 heterocycles. The zero-order valence-electron chi connectivity index (χ0n) is 48.0. The molecule has 0 unspecified atom stereocenters. The molecule has 9 rings (SSSR count). The van der Waals surface area contributed by atoms with Gasteiger partial charge < -0.3 is 9.47 Å². The van der Waals surface area contributed by atoms with Gasteiger partial charge in [0.05, 0.1) is 9.79 Å². The van der Waals surface area contributed by atoms with Crippen molar-refractivity contribution in [2.24, 2.45) is 0 Å². The third-order valence-electron chi connectivity index (χ3n) is 16.5. The summed E-state index contributed by atoms with van der Waals surface area (Å²) in [5, 5.41) is 0. The van der Waals surface area contributed by atoms with Crippen molar-refractivity contribution in [3.63, 3.8) is 0 Å². The van der Waals surface area contributed by atoms with Gasteiger partial charge in [-0.25, -0.2) is 16.8 Å². The minimum atomic E-state index is -4.02. The lowest BCUT2D eigenvalue weighted by Gasteiger charge is -2.44. The summed E-state index contributed by atoms with van der Waals surface area (Å²) >= 11 is 0. The summed E-state index contributed by atoms with van der Waals surface area (Å²) in [7, 11) is -8.04. The Morgan fingerprint density at radius 3 is 0.854 bits per heavy atom. The first-order chi connectivity index (χ1) is 40.0. The number of sulfonamides is 2. The molecule has 0 N–H and O–H groups in total. The summed E-state index contributed by atoms with van der Waals surface area (Å²) in [6, 6.07) is 75.7. The van der Waals surface area contributed by atoms with E-state index in [0.29, 0.717) is 52.0 Å². The molecular formula is C72H82N2O6S2. The molecule has 82 heavy (non-hydrogen) atoms. The number of unbranched alkanes of at least 4 members (excludes halogenated alkanes) is 8. The van der Waals surface area contributed by atoms with Gasteiger partial charge in [-0.2, -0.15) is 8.61 Å². The van der Waals surface area contributed by atoms with Gasteiger partial charge in [0.2, 0.25) is 20.0 Å². The molecule has 0 amide bonds. The lowest BCUT2D eigenvalue weighted by molar-refractivity contribution is 0.0105. The number of hydrogen-bond donors (Lipinski definition) is 0. The quantitative estimate of drug-likeness (QED) is 0.0329. The van der Waals surface area contributed by atoms with Gasteiger partial charge in [-0.05, 0) is 110 Å². The van der Waals surface area contributed by atoms with Crippen LogP contribution in [0.1, 0.15) is 134 Å². The highest BCUT2D eigenvalue weighted by atomic mass is 32.2. The second-order valence-corrected chi connectivity index (χ2v) is 25.8. The van der Waals surface area contributed by atoms with Crippen molar-refractivity contribution in [3.8, 4) is 0 Å². The molecular weight excluding hydrogens is 1050 g/mol. The Hall–Kier alpha value is -6.50. The fourth-order valence-corrected chi connectivity index (χ4v) is 15.6. The number of rotatable bonds is 30. The molecule has 1 saturated carbocycles. The predicted molar refractivity (Wildman–Crippen MR) is 333 cm³/mol. The van der Waals surface area contributed by atoms with Crippen LogP contribution in [0, 0.1) is 13.8 Å². The van der Waals surface area contributed by atoms with Crippen molar-refractivity contribution in [2.75, 3.05) is 26.3 Å². The van der Waals surface area contributed by atoms with Crippen LogP contribution in [0.4, 0.5) is 0 Å². The number of nitrogens with zero attached hydrogens (tertiary/aromatic N) is 2. The summed E-state index contributed by atoms with van der Waals surface area (Å²) in [6.45, 7) is 5.58. The van der Waals surface area contributed by atoms with E-state index in [1.54, 1.807) is 32.9 Å². The maximum absolute atomic E-state index is 15.1. The zero-order chi connectivity index (χ0) is 57.1. The van der Waals surface area contributed by atoms with Gasteiger partial charge in [-0.3, -0.25) is 0 Å². The maximum Gasteiger partial charge on any atom is 0.243 e. The summed E-state index contributed by atoms with van der Waals surface area (Å²) in [6.07, 6.45) is 11.0. The Bertz CT molecular complexity index is 2950. The fourth-order valence-electron chi connectivity index (χ4n) is 12.2. The number of aryl methyl sites for hydroxylation is 2. The van der Waals surface area contributed by atoms with Crippen LogP contribution < -0.4 is 0 Å². The molecule has 2 atom stereocenters. The molecule has 0 saturated heterocycles. The molecule has 1 fully saturated rings. The number of benzene rings is 8. The summed E-state index contributed by atoms with van der Waals surface area (Å²) in [4.78, 5) is 0.479. The normalized spacial score (nSPS) is 15.2.